The Hall–Kier alpha value is -3.05. The van der Waals surface area contributed by atoms with E-state index < -0.39 is 0 Å². The Morgan fingerprint density at radius 3 is 2.58 bits per heavy atom. The number of hydrogen-bond donors (Lipinski definition) is 1. The molecular weight excluding hydrogens is 352 g/mol. The van der Waals surface area contributed by atoms with Gasteiger partial charge in [0.25, 0.3) is 5.91 Å². The topological polar surface area (TPSA) is 63.8 Å². The van der Waals surface area contributed by atoms with Crippen LogP contribution in [0.15, 0.2) is 70.2 Å². The number of benzene rings is 2. The summed E-state index contributed by atoms with van der Waals surface area (Å²) in [5.41, 5.74) is 4.43. The minimum atomic E-state index is -0.355. The number of hydrogen-bond acceptors (Lipinski definition) is 4. The summed E-state index contributed by atoms with van der Waals surface area (Å²) in [5.74, 6) is 1.49. The van der Waals surface area contributed by atoms with Crippen molar-refractivity contribution >= 4 is 23.7 Å². The number of carbonyl (C=O) groups excluding carboxylic acids is 1. The summed E-state index contributed by atoms with van der Waals surface area (Å²) in [6.45, 7) is 1.87. The summed E-state index contributed by atoms with van der Waals surface area (Å²) in [4.78, 5) is 11.7. The van der Waals surface area contributed by atoms with Gasteiger partial charge in [-0.2, -0.15) is 5.10 Å². The maximum absolute atomic E-state index is 11.7. The van der Waals surface area contributed by atoms with Gasteiger partial charge < -0.3 is 9.15 Å². The molecule has 0 bridgehead atoms. The fourth-order valence-electron chi connectivity index (χ4n) is 2.18. The molecule has 1 aromatic heterocycles. The number of hydrazone groups is 1. The van der Waals surface area contributed by atoms with Gasteiger partial charge in [-0.15, -0.1) is 0 Å². The summed E-state index contributed by atoms with van der Waals surface area (Å²) in [6, 6.07) is 18.4. The molecule has 0 unspecified atom stereocenters. The zero-order valence-electron chi connectivity index (χ0n) is 14.1. The van der Waals surface area contributed by atoms with Crippen molar-refractivity contribution in [2.45, 2.75) is 6.92 Å². The molecule has 0 saturated carbocycles. The lowest BCUT2D eigenvalue weighted by molar-refractivity contribution is -0.123. The van der Waals surface area contributed by atoms with E-state index in [0.717, 1.165) is 11.1 Å². The number of amides is 1. The van der Waals surface area contributed by atoms with Crippen molar-refractivity contribution < 1.29 is 13.9 Å². The van der Waals surface area contributed by atoms with Gasteiger partial charge in [-0.3, -0.25) is 4.79 Å². The average molecular weight is 369 g/mol. The molecule has 0 saturated heterocycles. The lowest BCUT2D eigenvalue weighted by atomic mass is 10.2. The molecule has 132 valence electrons. The van der Waals surface area contributed by atoms with Crippen molar-refractivity contribution in [3.8, 4) is 17.1 Å². The number of rotatable bonds is 6. The first-order valence-electron chi connectivity index (χ1n) is 7.97. The van der Waals surface area contributed by atoms with Crippen molar-refractivity contribution in [2.24, 2.45) is 5.10 Å². The van der Waals surface area contributed by atoms with Crippen LogP contribution in [0, 0.1) is 6.92 Å². The predicted molar refractivity (Wildman–Crippen MR) is 102 cm³/mol. The maximum atomic E-state index is 11.7. The Balaban J connectivity index is 1.49. The molecule has 1 N–H and O–H groups in total. The lowest BCUT2D eigenvalue weighted by Crippen LogP contribution is -2.24. The van der Waals surface area contributed by atoms with Crippen LogP contribution in [-0.2, 0) is 4.79 Å². The number of nitrogens with zero attached hydrogens (tertiary/aromatic N) is 1. The fourth-order valence-corrected chi connectivity index (χ4v) is 2.30. The molecule has 0 aliphatic rings. The number of ether oxygens (including phenoxy) is 1. The highest BCUT2D eigenvalue weighted by atomic mass is 35.5. The Morgan fingerprint density at radius 1 is 1.12 bits per heavy atom. The van der Waals surface area contributed by atoms with Gasteiger partial charge in [0.05, 0.1) is 6.21 Å². The van der Waals surface area contributed by atoms with E-state index in [-0.39, 0.29) is 12.5 Å². The third-order valence-corrected chi connectivity index (χ3v) is 3.78. The molecule has 1 amide bonds. The van der Waals surface area contributed by atoms with Crippen LogP contribution in [-0.4, -0.2) is 18.7 Å². The summed E-state index contributed by atoms with van der Waals surface area (Å²) in [6.07, 6.45) is 1.43. The van der Waals surface area contributed by atoms with Gasteiger partial charge >= 0.3 is 0 Å². The van der Waals surface area contributed by atoms with Crippen molar-refractivity contribution in [3.63, 3.8) is 0 Å². The van der Waals surface area contributed by atoms with E-state index in [0.29, 0.717) is 22.3 Å². The quantitative estimate of drug-likeness (QED) is 0.517. The minimum absolute atomic E-state index is 0.116. The van der Waals surface area contributed by atoms with E-state index in [1.807, 2.05) is 49.4 Å². The smallest absolute Gasteiger partial charge is 0.277 e. The van der Waals surface area contributed by atoms with Crippen LogP contribution in [0.4, 0.5) is 0 Å². The van der Waals surface area contributed by atoms with E-state index >= 15 is 0 Å². The summed E-state index contributed by atoms with van der Waals surface area (Å²) >= 11 is 5.87. The Morgan fingerprint density at radius 2 is 1.85 bits per heavy atom. The number of furan rings is 1. The fraction of sp³-hybridized carbons (Fsp3) is 0.100. The van der Waals surface area contributed by atoms with Crippen LogP contribution in [0.5, 0.6) is 5.75 Å². The summed E-state index contributed by atoms with van der Waals surface area (Å²) < 4.78 is 11.0. The standard InChI is InChI=1S/C20H17ClN2O3/c1-14-2-8-17(9-3-14)25-13-20(24)23-22-12-18-10-11-19(26-18)15-4-6-16(21)7-5-15/h2-12H,13H2,1H3,(H,23,24). The second kappa shape index (κ2) is 8.36. The molecule has 5 nitrogen and oxygen atoms in total. The highest BCUT2D eigenvalue weighted by Gasteiger charge is 2.04. The predicted octanol–water partition coefficient (Wildman–Crippen LogP) is 4.44. The summed E-state index contributed by atoms with van der Waals surface area (Å²) in [7, 11) is 0. The van der Waals surface area contributed by atoms with Crippen LogP contribution in [0.1, 0.15) is 11.3 Å². The lowest BCUT2D eigenvalue weighted by Gasteiger charge is -2.04. The molecule has 6 heteroatoms. The first-order valence-corrected chi connectivity index (χ1v) is 8.35. The molecule has 1 heterocycles. The number of halogens is 1. The van der Waals surface area contributed by atoms with Gasteiger partial charge in [0.15, 0.2) is 6.61 Å². The van der Waals surface area contributed by atoms with Crippen LogP contribution in [0.3, 0.4) is 0 Å². The van der Waals surface area contributed by atoms with Crippen LogP contribution < -0.4 is 10.2 Å². The van der Waals surface area contributed by atoms with E-state index in [1.54, 1.807) is 18.2 Å². The Bertz CT molecular complexity index is 900. The second-order valence-electron chi connectivity index (χ2n) is 5.60. The van der Waals surface area contributed by atoms with Gasteiger partial charge in [0.2, 0.25) is 0 Å². The summed E-state index contributed by atoms with van der Waals surface area (Å²) in [5, 5.41) is 4.53. The molecule has 0 spiro atoms. The van der Waals surface area contributed by atoms with Crippen LogP contribution in [0.2, 0.25) is 5.02 Å². The molecule has 3 rings (SSSR count). The van der Waals surface area contributed by atoms with Crippen LogP contribution in [0.25, 0.3) is 11.3 Å². The molecule has 26 heavy (non-hydrogen) atoms. The monoisotopic (exact) mass is 368 g/mol. The molecule has 0 aliphatic carbocycles. The van der Waals surface area contributed by atoms with Gasteiger partial charge in [0, 0.05) is 10.6 Å². The SMILES string of the molecule is Cc1ccc(OCC(=O)NN=Cc2ccc(-c3ccc(Cl)cc3)o2)cc1. The third kappa shape index (κ3) is 4.97. The van der Waals surface area contributed by atoms with Crippen molar-refractivity contribution in [1.29, 1.82) is 0 Å². The molecular formula is C20H17ClN2O3. The molecule has 0 radical (unpaired) electrons. The average Bonchev–Trinajstić information content (AvgIpc) is 3.11. The first-order chi connectivity index (χ1) is 12.6. The van der Waals surface area contributed by atoms with Crippen molar-refractivity contribution in [2.75, 3.05) is 6.61 Å². The van der Waals surface area contributed by atoms with E-state index in [9.17, 15) is 4.79 Å². The zero-order chi connectivity index (χ0) is 18.4. The van der Waals surface area contributed by atoms with Gasteiger partial charge in [-0.25, -0.2) is 5.43 Å². The Labute approximate surface area is 156 Å². The second-order valence-corrected chi connectivity index (χ2v) is 6.04. The van der Waals surface area contributed by atoms with Crippen molar-refractivity contribution in [1.82, 2.24) is 5.43 Å². The molecule has 0 atom stereocenters. The van der Waals surface area contributed by atoms with Crippen LogP contribution >= 0.6 is 11.6 Å². The number of nitrogens with one attached hydrogen (secondary N) is 1. The molecule has 0 fully saturated rings. The minimum Gasteiger partial charge on any atom is -0.484 e. The maximum Gasteiger partial charge on any atom is 0.277 e. The largest absolute Gasteiger partial charge is 0.484 e. The molecule has 2 aromatic carbocycles. The zero-order valence-corrected chi connectivity index (χ0v) is 14.9. The molecule has 3 aromatic rings. The highest BCUT2D eigenvalue weighted by molar-refractivity contribution is 6.30. The normalized spacial score (nSPS) is 10.8. The van der Waals surface area contributed by atoms with Crippen molar-refractivity contribution in [3.05, 3.63) is 77.0 Å². The highest BCUT2D eigenvalue weighted by Crippen LogP contribution is 2.23. The first kappa shape index (κ1) is 17.8. The van der Waals surface area contributed by atoms with E-state index in [1.165, 1.54) is 6.21 Å². The van der Waals surface area contributed by atoms with E-state index in [2.05, 4.69) is 10.5 Å². The van der Waals surface area contributed by atoms with Gasteiger partial charge in [0.1, 0.15) is 17.3 Å². The van der Waals surface area contributed by atoms with Gasteiger partial charge in [-0.1, -0.05) is 29.3 Å². The van der Waals surface area contributed by atoms with Gasteiger partial charge in [-0.05, 0) is 55.5 Å². The molecule has 0 aliphatic heterocycles. The van der Waals surface area contributed by atoms with E-state index in [4.69, 9.17) is 20.8 Å². The third-order valence-electron chi connectivity index (χ3n) is 3.53. The number of carbonyl (C=O) groups is 1. The number of aryl methyl sites for hydroxylation is 1. The Kier molecular flexibility index (Phi) is 5.71.